The van der Waals surface area contributed by atoms with Crippen molar-refractivity contribution in [2.75, 3.05) is 6.61 Å². The highest BCUT2D eigenvalue weighted by Gasteiger charge is 2.24. The molecule has 0 aliphatic heterocycles. The molecule has 0 saturated carbocycles. The molecule has 1 aromatic heterocycles. The van der Waals surface area contributed by atoms with Crippen LogP contribution in [0.2, 0.25) is 6.82 Å². The molecule has 3 heteroatoms. The molecule has 0 spiro atoms. The molecule has 0 fully saturated rings. The molecule has 1 aromatic carbocycles. The lowest BCUT2D eigenvalue weighted by atomic mass is 9.83. The number of hydrogen-bond donors (Lipinski definition) is 0. The van der Waals surface area contributed by atoms with Gasteiger partial charge in [0.25, 0.3) is 0 Å². The van der Waals surface area contributed by atoms with Gasteiger partial charge in [0.2, 0.25) is 0 Å². The van der Waals surface area contributed by atoms with Crippen LogP contribution >= 0.6 is 0 Å². The first-order valence-electron chi connectivity index (χ1n) is 13.1. The minimum absolute atomic E-state index is 0.0148. The van der Waals surface area contributed by atoms with Gasteiger partial charge in [0.1, 0.15) is 0 Å². The van der Waals surface area contributed by atoms with Gasteiger partial charge in [-0.25, -0.2) is 0 Å². The molecule has 186 valence electrons. The van der Waals surface area contributed by atoms with E-state index in [0.717, 1.165) is 18.6 Å². The highest BCUT2D eigenvalue weighted by Crippen LogP contribution is 2.34. The van der Waals surface area contributed by atoms with E-state index in [1.807, 2.05) is 13.8 Å². The topological polar surface area (TPSA) is 14.2 Å². The summed E-state index contributed by atoms with van der Waals surface area (Å²) in [4.78, 5) is 0. The molecule has 0 aliphatic carbocycles. The molecule has 2 nitrogen and oxygen atoms in total. The third-order valence-electron chi connectivity index (χ3n) is 6.15. The Bertz CT molecular complexity index is 976. The van der Waals surface area contributed by atoms with E-state index in [0.29, 0.717) is 0 Å². The summed E-state index contributed by atoms with van der Waals surface area (Å²) in [6.45, 7) is 26.3. The van der Waals surface area contributed by atoms with E-state index in [4.69, 9.17) is 4.65 Å². The second-order valence-corrected chi connectivity index (χ2v) is 9.26. The third-order valence-corrected chi connectivity index (χ3v) is 6.15. The Morgan fingerprint density at radius 2 is 1.62 bits per heavy atom. The zero-order chi connectivity index (χ0) is 25.8. The summed E-state index contributed by atoms with van der Waals surface area (Å²) >= 11 is 0. The zero-order valence-corrected chi connectivity index (χ0v) is 23.6. The van der Waals surface area contributed by atoms with Crippen molar-refractivity contribution in [3.8, 4) is 0 Å². The standard InChI is InChI=1S/C29H42BNO.C2H6/c1-10-11-12-13-18-32-30(9)31-25(7)20-24(6)29(31)28(26(8)23(5)19-21(2)3)27-16-14-22(4)15-17-27;1-2/h14-17,19-20H,2,10-13,18H2,1,3-9H3;1-2H3/b23-19-,28-26+;. The van der Waals surface area contributed by atoms with E-state index < -0.39 is 0 Å². The van der Waals surface area contributed by atoms with Crippen LogP contribution in [0.1, 0.15) is 95.3 Å². The number of allylic oxidation sites excluding steroid dienone is 4. The zero-order valence-electron chi connectivity index (χ0n) is 23.6. The first-order valence-corrected chi connectivity index (χ1v) is 13.1. The van der Waals surface area contributed by atoms with Crippen molar-refractivity contribution >= 4 is 12.6 Å². The highest BCUT2D eigenvalue weighted by molar-refractivity contribution is 6.49. The number of aryl methyl sites for hydroxylation is 3. The van der Waals surface area contributed by atoms with Crippen molar-refractivity contribution in [3.05, 3.63) is 87.8 Å². The van der Waals surface area contributed by atoms with Gasteiger partial charge in [-0.3, -0.25) is 0 Å². The quantitative estimate of drug-likeness (QED) is 0.185. The number of unbranched alkanes of at least 4 members (excludes halogenated alkanes) is 3. The summed E-state index contributed by atoms with van der Waals surface area (Å²) in [6, 6.07) is 11.2. The minimum atomic E-state index is -0.0148. The van der Waals surface area contributed by atoms with Gasteiger partial charge in [-0.1, -0.05) is 88.1 Å². The number of benzene rings is 1. The van der Waals surface area contributed by atoms with Crippen molar-refractivity contribution < 1.29 is 4.65 Å². The summed E-state index contributed by atoms with van der Waals surface area (Å²) in [5.74, 6) is 0. The largest absolute Gasteiger partial charge is 0.416 e. The second-order valence-electron chi connectivity index (χ2n) is 9.26. The molecule has 0 bridgehead atoms. The predicted octanol–water partition coefficient (Wildman–Crippen LogP) is 9.35. The van der Waals surface area contributed by atoms with Crippen LogP contribution in [0.4, 0.5) is 0 Å². The molecular formula is C31H48BNO. The molecule has 0 aliphatic rings. The Labute approximate surface area is 211 Å². The maximum atomic E-state index is 6.33. The van der Waals surface area contributed by atoms with Crippen LogP contribution in [0, 0.1) is 20.8 Å². The number of hydrogen-bond acceptors (Lipinski definition) is 1. The van der Waals surface area contributed by atoms with Crippen LogP contribution in [0.15, 0.2) is 59.7 Å². The maximum absolute atomic E-state index is 6.33. The Morgan fingerprint density at radius 3 is 2.18 bits per heavy atom. The first-order chi connectivity index (χ1) is 16.2. The van der Waals surface area contributed by atoms with Crippen LogP contribution in [-0.2, 0) is 4.65 Å². The van der Waals surface area contributed by atoms with Gasteiger partial charge in [0, 0.05) is 23.6 Å². The van der Waals surface area contributed by atoms with E-state index in [-0.39, 0.29) is 7.05 Å². The summed E-state index contributed by atoms with van der Waals surface area (Å²) in [5.41, 5.74) is 11.1. The fraction of sp³-hybridized carbons (Fsp3) is 0.484. The minimum Gasteiger partial charge on any atom is -0.416 e. The maximum Gasteiger partial charge on any atom is 0.416 e. The van der Waals surface area contributed by atoms with Crippen molar-refractivity contribution in [2.45, 2.75) is 94.8 Å². The van der Waals surface area contributed by atoms with Crippen molar-refractivity contribution in [1.82, 2.24) is 4.48 Å². The van der Waals surface area contributed by atoms with Crippen LogP contribution in [0.25, 0.3) is 5.57 Å². The van der Waals surface area contributed by atoms with Crippen molar-refractivity contribution in [2.24, 2.45) is 0 Å². The number of nitrogens with zero attached hydrogens (tertiary/aromatic N) is 1. The molecule has 34 heavy (non-hydrogen) atoms. The molecule has 0 atom stereocenters. The molecule has 2 aromatic rings. The average Bonchev–Trinajstić information content (AvgIpc) is 3.09. The molecule has 0 unspecified atom stereocenters. The Kier molecular flexibility index (Phi) is 13.0. The van der Waals surface area contributed by atoms with E-state index in [2.05, 4.69) is 103 Å². The molecule has 0 amide bonds. The van der Waals surface area contributed by atoms with Gasteiger partial charge < -0.3 is 9.13 Å². The lowest BCUT2D eigenvalue weighted by molar-refractivity contribution is 0.303. The summed E-state index contributed by atoms with van der Waals surface area (Å²) in [7, 11) is -0.0148. The highest BCUT2D eigenvalue weighted by atomic mass is 16.4. The smallest absolute Gasteiger partial charge is 0.416 e. The van der Waals surface area contributed by atoms with Gasteiger partial charge in [-0.05, 0) is 83.1 Å². The van der Waals surface area contributed by atoms with Crippen molar-refractivity contribution in [3.63, 3.8) is 0 Å². The van der Waals surface area contributed by atoms with Gasteiger partial charge in [-0.15, -0.1) is 0 Å². The Hall–Kier alpha value is -2.26. The van der Waals surface area contributed by atoms with Gasteiger partial charge in [-0.2, -0.15) is 0 Å². The molecule has 1 heterocycles. The number of aromatic nitrogens is 1. The Morgan fingerprint density at radius 1 is 1.00 bits per heavy atom. The van der Waals surface area contributed by atoms with Crippen LogP contribution in [0.3, 0.4) is 0 Å². The predicted molar refractivity (Wildman–Crippen MR) is 154 cm³/mol. The summed E-state index contributed by atoms with van der Waals surface area (Å²) in [6.07, 6.45) is 7.05. The Balaban J connectivity index is 0.00000281. The van der Waals surface area contributed by atoms with Crippen LogP contribution in [0.5, 0.6) is 0 Å². The normalized spacial score (nSPS) is 12.1. The van der Waals surface area contributed by atoms with Gasteiger partial charge in [0.15, 0.2) is 0 Å². The number of rotatable bonds is 11. The molecule has 0 radical (unpaired) electrons. The van der Waals surface area contributed by atoms with Crippen LogP contribution < -0.4 is 0 Å². The monoisotopic (exact) mass is 461 g/mol. The van der Waals surface area contributed by atoms with E-state index in [1.54, 1.807) is 0 Å². The lowest BCUT2D eigenvalue weighted by Gasteiger charge is -2.22. The average molecular weight is 462 g/mol. The lowest BCUT2D eigenvalue weighted by Crippen LogP contribution is -2.28. The molecule has 2 rings (SSSR count). The first kappa shape index (κ1) is 29.8. The molecule has 0 N–H and O–H groups in total. The summed E-state index contributed by atoms with van der Waals surface area (Å²) in [5, 5.41) is 0. The van der Waals surface area contributed by atoms with E-state index in [1.165, 1.54) is 64.1 Å². The third kappa shape index (κ3) is 8.20. The van der Waals surface area contributed by atoms with Gasteiger partial charge in [0.05, 0.1) is 0 Å². The van der Waals surface area contributed by atoms with Gasteiger partial charge >= 0.3 is 7.05 Å². The van der Waals surface area contributed by atoms with E-state index >= 15 is 0 Å². The fourth-order valence-electron chi connectivity index (χ4n) is 4.39. The van der Waals surface area contributed by atoms with Crippen LogP contribution in [-0.4, -0.2) is 18.1 Å². The van der Waals surface area contributed by atoms with Crippen molar-refractivity contribution in [1.29, 1.82) is 0 Å². The fourth-order valence-corrected chi connectivity index (χ4v) is 4.39. The van der Waals surface area contributed by atoms with E-state index in [9.17, 15) is 0 Å². The molecule has 0 saturated heterocycles. The second kappa shape index (κ2) is 14.9. The molecular weight excluding hydrogens is 413 g/mol. The SMILES string of the molecule is C=C(C)/C=C(C)\C(C)=C(/c1ccc(C)cc1)c1c(C)cc(C)n1B(C)OCCCCCC.CC. The summed E-state index contributed by atoms with van der Waals surface area (Å²) < 4.78 is 8.71.